The maximum absolute atomic E-state index is 3.47. The number of hydrogen-bond acceptors (Lipinski definition) is 1. The summed E-state index contributed by atoms with van der Waals surface area (Å²) in [5.41, 5.74) is 1.35. The molecule has 2 heteroatoms. The van der Waals surface area contributed by atoms with Gasteiger partial charge in [0, 0.05) is 16.9 Å². The minimum atomic E-state index is 0.457. The van der Waals surface area contributed by atoms with Crippen LogP contribution in [0, 0.1) is 11.8 Å². The Hall–Kier alpha value is -0.780. The van der Waals surface area contributed by atoms with Crippen molar-refractivity contribution in [2.24, 2.45) is 0 Å². The van der Waals surface area contributed by atoms with Crippen LogP contribution in [0.4, 0.5) is 0 Å². The van der Waals surface area contributed by atoms with Gasteiger partial charge in [-0.2, -0.15) is 0 Å². The molecule has 1 aromatic rings. The van der Waals surface area contributed by atoms with Gasteiger partial charge in [0.25, 0.3) is 0 Å². The maximum Gasteiger partial charge on any atom is 0.0246 e. The van der Waals surface area contributed by atoms with Crippen molar-refractivity contribution in [3.05, 3.63) is 34.3 Å². The highest BCUT2D eigenvalue weighted by molar-refractivity contribution is 9.10. The summed E-state index contributed by atoms with van der Waals surface area (Å²) in [5.74, 6) is 6.10. The van der Waals surface area contributed by atoms with E-state index in [1.807, 2.05) is 6.92 Å². The van der Waals surface area contributed by atoms with E-state index in [9.17, 15) is 0 Å². The second-order valence-corrected chi connectivity index (χ2v) is 4.63. The summed E-state index contributed by atoms with van der Waals surface area (Å²) < 4.78 is 1.13. The van der Waals surface area contributed by atoms with Crippen molar-refractivity contribution < 1.29 is 0 Å². The molecule has 0 aliphatic heterocycles. The van der Waals surface area contributed by atoms with E-state index in [2.05, 4.69) is 64.3 Å². The quantitative estimate of drug-likeness (QED) is 0.815. The monoisotopic (exact) mass is 279 g/mol. The first kappa shape index (κ1) is 13.3. The molecule has 1 unspecified atom stereocenters. The summed E-state index contributed by atoms with van der Waals surface area (Å²) in [7, 11) is 0. The van der Waals surface area contributed by atoms with E-state index in [1.165, 1.54) is 5.56 Å². The second kappa shape index (κ2) is 7.49. The van der Waals surface area contributed by atoms with Crippen molar-refractivity contribution in [3.8, 4) is 11.8 Å². The molecule has 0 fully saturated rings. The van der Waals surface area contributed by atoms with Crippen molar-refractivity contribution in [2.45, 2.75) is 32.7 Å². The van der Waals surface area contributed by atoms with Crippen LogP contribution in [-0.4, -0.2) is 12.6 Å². The van der Waals surface area contributed by atoms with Crippen LogP contribution in [0.15, 0.2) is 28.7 Å². The molecule has 1 nitrogen and oxygen atoms in total. The zero-order chi connectivity index (χ0) is 11.8. The molecule has 0 saturated heterocycles. The number of benzene rings is 1. The zero-order valence-electron chi connectivity index (χ0n) is 9.89. The molecule has 0 aliphatic rings. The summed E-state index contributed by atoms with van der Waals surface area (Å²) in [6, 6.07) is 8.95. The Labute approximate surface area is 107 Å². The van der Waals surface area contributed by atoms with Crippen LogP contribution in [-0.2, 0) is 6.42 Å². The van der Waals surface area contributed by atoms with Gasteiger partial charge in [0.15, 0.2) is 0 Å². The number of likely N-dealkylation sites (N-methyl/N-ethyl adjacent to an activating group) is 1. The van der Waals surface area contributed by atoms with E-state index in [0.717, 1.165) is 23.9 Å². The van der Waals surface area contributed by atoms with Crippen molar-refractivity contribution in [1.29, 1.82) is 0 Å². The highest BCUT2D eigenvalue weighted by Gasteiger charge is 2.06. The lowest BCUT2D eigenvalue weighted by molar-refractivity contribution is 0.535. The van der Waals surface area contributed by atoms with Gasteiger partial charge in [-0.15, -0.1) is 11.8 Å². The third kappa shape index (κ3) is 4.83. The van der Waals surface area contributed by atoms with Crippen LogP contribution in [0.3, 0.4) is 0 Å². The fourth-order valence-electron chi connectivity index (χ4n) is 1.64. The predicted octanol–water partition coefficient (Wildman–Crippen LogP) is 3.38. The molecule has 1 rings (SSSR count). The van der Waals surface area contributed by atoms with Crippen molar-refractivity contribution in [2.75, 3.05) is 6.54 Å². The Kier molecular flexibility index (Phi) is 6.22. The van der Waals surface area contributed by atoms with Gasteiger partial charge in [-0.25, -0.2) is 0 Å². The number of nitrogens with one attached hydrogen (secondary N) is 1. The normalized spacial score (nSPS) is 11.7. The number of rotatable bonds is 5. The Balaban J connectivity index is 2.58. The van der Waals surface area contributed by atoms with Gasteiger partial charge in [0.2, 0.25) is 0 Å². The van der Waals surface area contributed by atoms with Crippen LogP contribution in [0.25, 0.3) is 0 Å². The first-order valence-electron chi connectivity index (χ1n) is 5.63. The highest BCUT2D eigenvalue weighted by Crippen LogP contribution is 2.12. The predicted molar refractivity (Wildman–Crippen MR) is 73.4 cm³/mol. The first-order chi connectivity index (χ1) is 7.76. The average molecular weight is 280 g/mol. The molecule has 1 atom stereocenters. The molecule has 16 heavy (non-hydrogen) atoms. The Bertz CT molecular complexity index is 359. The fraction of sp³-hybridized carbons (Fsp3) is 0.429. The molecule has 0 amide bonds. The SMILES string of the molecule is CC#CCC(Cc1ccc(Br)cc1)NCC. The lowest BCUT2D eigenvalue weighted by atomic mass is 10.0. The van der Waals surface area contributed by atoms with Gasteiger partial charge in [0.1, 0.15) is 0 Å². The highest BCUT2D eigenvalue weighted by atomic mass is 79.9. The lowest BCUT2D eigenvalue weighted by Crippen LogP contribution is -2.30. The smallest absolute Gasteiger partial charge is 0.0246 e. The van der Waals surface area contributed by atoms with Gasteiger partial charge in [-0.05, 0) is 37.6 Å². The summed E-state index contributed by atoms with van der Waals surface area (Å²) in [6.45, 7) is 5.02. The van der Waals surface area contributed by atoms with Gasteiger partial charge in [-0.3, -0.25) is 0 Å². The van der Waals surface area contributed by atoms with E-state index in [-0.39, 0.29) is 0 Å². The van der Waals surface area contributed by atoms with Crippen LogP contribution >= 0.6 is 15.9 Å². The molecule has 0 saturated carbocycles. The molecule has 0 aliphatic carbocycles. The summed E-state index contributed by atoms with van der Waals surface area (Å²) >= 11 is 3.45. The summed E-state index contributed by atoms with van der Waals surface area (Å²) in [4.78, 5) is 0. The maximum atomic E-state index is 3.47. The Morgan fingerprint density at radius 2 is 2.00 bits per heavy atom. The molecule has 86 valence electrons. The number of halogens is 1. The summed E-state index contributed by atoms with van der Waals surface area (Å²) in [5, 5.41) is 3.47. The molecule has 0 radical (unpaired) electrons. The third-order valence-corrected chi connectivity index (χ3v) is 2.94. The average Bonchev–Trinajstić information content (AvgIpc) is 2.29. The van der Waals surface area contributed by atoms with Crippen LogP contribution < -0.4 is 5.32 Å². The van der Waals surface area contributed by atoms with Crippen LogP contribution in [0.5, 0.6) is 0 Å². The Morgan fingerprint density at radius 1 is 1.31 bits per heavy atom. The van der Waals surface area contributed by atoms with Gasteiger partial charge in [0.05, 0.1) is 0 Å². The van der Waals surface area contributed by atoms with E-state index in [0.29, 0.717) is 6.04 Å². The van der Waals surface area contributed by atoms with E-state index in [4.69, 9.17) is 0 Å². The molecule has 0 heterocycles. The van der Waals surface area contributed by atoms with E-state index < -0.39 is 0 Å². The zero-order valence-corrected chi connectivity index (χ0v) is 11.5. The first-order valence-corrected chi connectivity index (χ1v) is 6.43. The standard InChI is InChI=1S/C14H18BrN/c1-3-5-6-14(16-4-2)11-12-7-9-13(15)10-8-12/h7-10,14,16H,4,6,11H2,1-2H3. The second-order valence-electron chi connectivity index (χ2n) is 3.72. The van der Waals surface area contributed by atoms with E-state index >= 15 is 0 Å². The fourth-order valence-corrected chi connectivity index (χ4v) is 1.90. The van der Waals surface area contributed by atoms with Crippen molar-refractivity contribution in [1.82, 2.24) is 5.32 Å². The summed E-state index contributed by atoms with van der Waals surface area (Å²) in [6.07, 6.45) is 1.95. The van der Waals surface area contributed by atoms with E-state index in [1.54, 1.807) is 0 Å². The molecule has 1 aromatic carbocycles. The number of hydrogen-bond donors (Lipinski definition) is 1. The minimum Gasteiger partial charge on any atom is -0.313 e. The topological polar surface area (TPSA) is 12.0 Å². The Morgan fingerprint density at radius 3 is 2.56 bits per heavy atom. The largest absolute Gasteiger partial charge is 0.313 e. The molecular weight excluding hydrogens is 262 g/mol. The lowest BCUT2D eigenvalue weighted by Gasteiger charge is -2.15. The van der Waals surface area contributed by atoms with Gasteiger partial charge in [-0.1, -0.05) is 35.0 Å². The molecular formula is C14H18BrN. The van der Waals surface area contributed by atoms with Crippen molar-refractivity contribution >= 4 is 15.9 Å². The molecule has 0 spiro atoms. The molecule has 1 N–H and O–H groups in total. The third-order valence-electron chi connectivity index (χ3n) is 2.41. The van der Waals surface area contributed by atoms with Gasteiger partial charge >= 0.3 is 0 Å². The molecule has 0 aromatic heterocycles. The minimum absolute atomic E-state index is 0.457. The van der Waals surface area contributed by atoms with Crippen molar-refractivity contribution in [3.63, 3.8) is 0 Å². The van der Waals surface area contributed by atoms with Crippen LogP contribution in [0.2, 0.25) is 0 Å². The van der Waals surface area contributed by atoms with Crippen LogP contribution in [0.1, 0.15) is 25.8 Å². The van der Waals surface area contributed by atoms with Gasteiger partial charge < -0.3 is 5.32 Å². The molecule has 0 bridgehead atoms.